The second kappa shape index (κ2) is 3.73. The van der Waals surface area contributed by atoms with Crippen LogP contribution in [-0.2, 0) is 0 Å². The average molecular weight is 200 g/mol. The van der Waals surface area contributed by atoms with Gasteiger partial charge in [-0.05, 0) is 19.9 Å². The van der Waals surface area contributed by atoms with E-state index < -0.39 is 0 Å². The summed E-state index contributed by atoms with van der Waals surface area (Å²) in [5.41, 5.74) is 1.35. The Kier molecular flexibility index (Phi) is 2.42. The van der Waals surface area contributed by atoms with Crippen molar-refractivity contribution in [1.29, 1.82) is 0 Å². The molecule has 0 spiro atoms. The molecule has 15 heavy (non-hydrogen) atoms. The summed E-state index contributed by atoms with van der Waals surface area (Å²) < 4.78 is 5.34. The first-order valence-corrected chi connectivity index (χ1v) is 4.85. The molecular weight excluding hydrogens is 188 g/mol. The van der Waals surface area contributed by atoms with Crippen LogP contribution in [0.2, 0.25) is 0 Å². The molecule has 0 aliphatic rings. The van der Waals surface area contributed by atoms with Gasteiger partial charge in [-0.1, -0.05) is 30.3 Å². The van der Waals surface area contributed by atoms with E-state index in [1.807, 2.05) is 44.2 Å². The zero-order valence-electron chi connectivity index (χ0n) is 8.78. The highest BCUT2D eigenvalue weighted by molar-refractivity contribution is 6.09. The maximum absolute atomic E-state index is 12.0. The van der Waals surface area contributed by atoms with E-state index in [9.17, 15) is 4.79 Å². The quantitative estimate of drug-likeness (QED) is 0.697. The minimum Gasteiger partial charge on any atom is -0.466 e. The third-order valence-electron chi connectivity index (χ3n) is 2.32. The van der Waals surface area contributed by atoms with Gasteiger partial charge in [0.15, 0.2) is 5.78 Å². The van der Waals surface area contributed by atoms with Gasteiger partial charge in [-0.2, -0.15) is 0 Å². The van der Waals surface area contributed by atoms with Crippen LogP contribution in [0, 0.1) is 13.8 Å². The van der Waals surface area contributed by atoms with Crippen molar-refractivity contribution in [3.8, 4) is 0 Å². The Hall–Kier alpha value is -1.83. The summed E-state index contributed by atoms with van der Waals surface area (Å²) in [6, 6.07) is 11.0. The second-order valence-electron chi connectivity index (χ2n) is 3.52. The molecule has 0 aliphatic carbocycles. The highest BCUT2D eigenvalue weighted by Crippen LogP contribution is 2.17. The molecule has 2 rings (SSSR count). The summed E-state index contributed by atoms with van der Waals surface area (Å²) in [6.07, 6.45) is 0. The zero-order chi connectivity index (χ0) is 10.8. The molecule has 2 aromatic rings. The Bertz CT molecular complexity index is 480. The SMILES string of the molecule is Cc1cc(C(=O)c2ccccc2)c(C)o1. The molecule has 0 amide bonds. The molecule has 1 aromatic heterocycles. The van der Waals surface area contributed by atoms with Crippen LogP contribution in [0.3, 0.4) is 0 Å². The van der Waals surface area contributed by atoms with Crippen LogP contribution in [0.4, 0.5) is 0 Å². The normalized spacial score (nSPS) is 10.3. The molecule has 0 radical (unpaired) electrons. The van der Waals surface area contributed by atoms with E-state index in [4.69, 9.17) is 4.42 Å². The molecule has 0 bridgehead atoms. The van der Waals surface area contributed by atoms with Crippen LogP contribution < -0.4 is 0 Å². The minimum absolute atomic E-state index is 0.0185. The van der Waals surface area contributed by atoms with Gasteiger partial charge in [0.1, 0.15) is 11.5 Å². The van der Waals surface area contributed by atoms with E-state index in [1.54, 1.807) is 6.07 Å². The van der Waals surface area contributed by atoms with Crippen molar-refractivity contribution in [3.05, 3.63) is 59.0 Å². The lowest BCUT2D eigenvalue weighted by atomic mass is 10.0. The van der Waals surface area contributed by atoms with Gasteiger partial charge >= 0.3 is 0 Å². The third kappa shape index (κ3) is 1.84. The van der Waals surface area contributed by atoms with Crippen molar-refractivity contribution in [2.75, 3.05) is 0 Å². The Morgan fingerprint density at radius 2 is 1.80 bits per heavy atom. The Morgan fingerprint density at radius 1 is 1.13 bits per heavy atom. The van der Waals surface area contributed by atoms with Crippen LogP contribution in [0.1, 0.15) is 27.4 Å². The lowest BCUT2D eigenvalue weighted by molar-refractivity contribution is 0.103. The number of hydrogen-bond acceptors (Lipinski definition) is 2. The highest BCUT2D eigenvalue weighted by Gasteiger charge is 2.14. The van der Waals surface area contributed by atoms with E-state index in [0.717, 1.165) is 5.76 Å². The topological polar surface area (TPSA) is 30.2 Å². The maximum atomic E-state index is 12.0. The summed E-state index contributed by atoms with van der Waals surface area (Å²) >= 11 is 0. The van der Waals surface area contributed by atoms with Crippen LogP contribution in [-0.4, -0.2) is 5.78 Å². The fraction of sp³-hybridized carbons (Fsp3) is 0.154. The first kappa shape index (κ1) is 9.71. The van der Waals surface area contributed by atoms with Crippen molar-refractivity contribution in [1.82, 2.24) is 0 Å². The van der Waals surface area contributed by atoms with E-state index in [1.165, 1.54) is 0 Å². The molecular formula is C13H12O2. The van der Waals surface area contributed by atoms with Crippen LogP contribution in [0.5, 0.6) is 0 Å². The van der Waals surface area contributed by atoms with Crippen molar-refractivity contribution in [2.45, 2.75) is 13.8 Å². The van der Waals surface area contributed by atoms with Gasteiger partial charge < -0.3 is 4.42 Å². The smallest absolute Gasteiger partial charge is 0.196 e. The van der Waals surface area contributed by atoms with Gasteiger partial charge in [0.2, 0.25) is 0 Å². The molecule has 0 aliphatic heterocycles. The summed E-state index contributed by atoms with van der Waals surface area (Å²) in [6.45, 7) is 3.65. The number of hydrogen-bond donors (Lipinski definition) is 0. The van der Waals surface area contributed by atoms with Gasteiger partial charge in [0, 0.05) is 5.56 Å². The molecule has 1 aromatic carbocycles. The van der Waals surface area contributed by atoms with Gasteiger partial charge in [-0.15, -0.1) is 0 Å². The summed E-state index contributed by atoms with van der Waals surface area (Å²) in [5.74, 6) is 1.47. The number of carbonyl (C=O) groups is 1. The third-order valence-corrected chi connectivity index (χ3v) is 2.32. The lowest BCUT2D eigenvalue weighted by Gasteiger charge is -1.97. The Labute approximate surface area is 88.5 Å². The van der Waals surface area contributed by atoms with E-state index >= 15 is 0 Å². The van der Waals surface area contributed by atoms with Crippen molar-refractivity contribution >= 4 is 5.78 Å². The molecule has 2 heteroatoms. The number of aryl methyl sites for hydroxylation is 2. The molecule has 1 heterocycles. The zero-order valence-corrected chi connectivity index (χ0v) is 8.78. The van der Waals surface area contributed by atoms with Crippen LogP contribution in [0.25, 0.3) is 0 Å². The van der Waals surface area contributed by atoms with Gasteiger partial charge in [0.05, 0.1) is 5.56 Å². The monoisotopic (exact) mass is 200 g/mol. The predicted octanol–water partition coefficient (Wildman–Crippen LogP) is 3.13. The number of ketones is 1. The van der Waals surface area contributed by atoms with Crippen molar-refractivity contribution in [2.24, 2.45) is 0 Å². The van der Waals surface area contributed by atoms with Gasteiger partial charge in [-0.3, -0.25) is 4.79 Å². The summed E-state index contributed by atoms with van der Waals surface area (Å²) in [4.78, 5) is 12.0. The molecule has 0 fully saturated rings. The minimum atomic E-state index is 0.0185. The first-order chi connectivity index (χ1) is 7.18. The summed E-state index contributed by atoms with van der Waals surface area (Å²) in [7, 11) is 0. The fourth-order valence-electron chi connectivity index (χ4n) is 1.60. The van der Waals surface area contributed by atoms with E-state index in [-0.39, 0.29) is 5.78 Å². The highest BCUT2D eigenvalue weighted by atomic mass is 16.3. The van der Waals surface area contributed by atoms with E-state index in [0.29, 0.717) is 16.9 Å². The summed E-state index contributed by atoms with van der Waals surface area (Å²) in [5, 5.41) is 0. The fourth-order valence-corrected chi connectivity index (χ4v) is 1.60. The number of furan rings is 1. The molecule has 0 N–H and O–H groups in total. The molecule has 0 atom stereocenters. The van der Waals surface area contributed by atoms with Gasteiger partial charge in [-0.25, -0.2) is 0 Å². The molecule has 76 valence electrons. The number of rotatable bonds is 2. The second-order valence-corrected chi connectivity index (χ2v) is 3.52. The Balaban J connectivity index is 2.41. The Morgan fingerprint density at radius 3 is 2.33 bits per heavy atom. The van der Waals surface area contributed by atoms with Crippen molar-refractivity contribution in [3.63, 3.8) is 0 Å². The van der Waals surface area contributed by atoms with Crippen LogP contribution >= 0.6 is 0 Å². The predicted molar refractivity (Wildman–Crippen MR) is 58.1 cm³/mol. The molecule has 2 nitrogen and oxygen atoms in total. The van der Waals surface area contributed by atoms with Crippen molar-refractivity contribution < 1.29 is 9.21 Å². The molecule has 0 unspecified atom stereocenters. The number of carbonyl (C=O) groups excluding carboxylic acids is 1. The maximum Gasteiger partial charge on any atom is 0.196 e. The average Bonchev–Trinajstić information content (AvgIpc) is 2.58. The largest absolute Gasteiger partial charge is 0.466 e. The molecule has 0 saturated heterocycles. The number of benzene rings is 1. The van der Waals surface area contributed by atoms with E-state index in [2.05, 4.69) is 0 Å². The standard InChI is InChI=1S/C13H12O2/c1-9-8-12(10(2)15-9)13(14)11-6-4-3-5-7-11/h3-8H,1-2H3. The lowest BCUT2D eigenvalue weighted by Crippen LogP contribution is -2.00. The van der Waals surface area contributed by atoms with Gasteiger partial charge in [0.25, 0.3) is 0 Å². The van der Waals surface area contributed by atoms with Crippen LogP contribution in [0.15, 0.2) is 40.8 Å². The molecule has 0 saturated carbocycles. The first-order valence-electron chi connectivity index (χ1n) is 4.85.